The van der Waals surface area contributed by atoms with Gasteiger partial charge in [0.1, 0.15) is 17.0 Å². The quantitative estimate of drug-likeness (QED) is 0.704. The summed E-state index contributed by atoms with van der Waals surface area (Å²) in [6, 6.07) is 3.36. The molecule has 2 atom stereocenters. The minimum absolute atomic E-state index is 0.0265. The molecule has 3 aromatic heterocycles. The first-order chi connectivity index (χ1) is 13.4. The van der Waals surface area contributed by atoms with Crippen LogP contribution in [0.2, 0.25) is 0 Å². The van der Waals surface area contributed by atoms with Gasteiger partial charge in [-0.2, -0.15) is 13.9 Å². The predicted molar refractivity (Wildman–Crippen MR) is 102 cm³/mol. The Morgan fingerprint density at radius 3 is 2.68 bits per heavy atom. The van der Waals surface area contributed by atoms with Crippen LogP contribution < -0.4 is 0 Å². The normalized spacial score (nSPS) is 20.5. The van der Waals surface area contributed by atoms with E-state index in [9.17, 15) is 13.9 Å². The van der Waals surface area contributed by atoms with Gasteiger partial charge in [-0.05, 0) is 30.9 Å². The summed E-state index contributed by atoms with van der Waals surface area (Å²) in [4.78, 5) is 9.16. The molecule has 1 aliphatic rings. The van der Waals surface area contributed by atoms with E-state index < -0.39 is 12.7 Å². The van der Waals surface area contributed by atoms with Crippen molar-refractivity contribution in [3.8, 4) is 11.4 Å². The smallest absolute Gasteiger partial charge is 0.333 e. The van der Waals surface area contributed by atoms with E-state index in [1.165, 1.54) is 12.3 Å². The topological polar surface area (TPSA) is 68.8 Å². The summed E-state index contributed by atoms with van der Waals surface area (Å²) in [6.07, 6.45) is 7.08. The van der Waals surface area contributed by atoms with Gasteiger partial charge in [-0.3, -0.25) is 4.98 Å². The summed E-state index contributed by atoms with van der Waals surface area (Å²) >= 11 is 0. The molecule has 1 fully saturated rings. The van der Waals surface area contributed by atoms with Gasteiger partial charge in [-0.1, -0.05) is 26.7 Å². The molecule has 1 saturated carbocycles. The fourth-order valence-corrected chi connectivity index (χ4v) is 4.04. The van der Waals surface area contributed by atoms with Crippen LogP contribution in [-0.2, 0) is 6.42 Å². The molecule has 0 aromatic carbocycles. The van der Waals surface area contributed by atoms with E-state index >= 15 is 0 Å². The van der Waals surface area contributed by atoms with Crippen molar-refractivity contribution in [1.82, 2.24) is 24.3 Å². The molecule has 6 nitrogen and oxygen atoms in total. The lowest BCUT2D eigenvalue weighted by Gasteiger charge is -2.30. The highest BCUT2D eigenvalue weighted by Gasteiger charge is 2.29. The molecule has 0 saturated heterocycles. The largest absolute Gasteiger partial charge is 0.391 e. The number of pyridine rings is 1. The number of aliphatic hydroxyl groups excluding tert-OH is 1. The third-order valence-corrected chi connectivity index (χ3v) is 5.34. The number of rotatable bonds is 5. The molecule has 28 heavy (non-hydrogen) atoms. The Labute approximate surface area is 162 Å². The maximum atomic E-state index is 12.9. The molecule has 3 aromatic rings. The van der Waals surface area contributed by atoms with E-state index in [0.717, 1.165) is 49.0 Å². The lowest BCUT2D eigenvalue weighted by Crippen LogP contribution is -2.29. The number of hydrogen-bond acceptors (Lipinski definition) is 4. The summed E-state index contributed by atoms with van der Waals surface area (Å²) in [5.41, 5.74) is 2.54. The maximum absolute atomic E-state index is 12.9. The van der Waals surface area contributed by atoms with Gasteiger partial charge in [0, 0.05) is 12.6 Å². The molecule has 1 aliphatic carbocycles. The molecule has 3 heterocycles. The number of imidazole rings is 1. The molecule has 0 bridgehead atoms. The Hall–Kier alpha value is -2.35. The Balaban J connectivity index is 1.82. The zero-order valence-corrected chi connectivity index (χ0v) is 16.1. The third kappa shape index (κ3) is 3.53. The van der Waals surface area contributed by atoms with Gasteiger partial charge in [-0.15, -0.1) is 0 Å². The second kappa shape index (κ2) is 7.58. The van der Waals surface area contributed by atoms with Gasteiger partial charge in [0.25, 0.3) is 0 Å². The van der Waals surface area contributed by atoms with Crippen molar-refractivity contribution < 1.29 is 13.9 Å². The van der Waals surface area contributed by atoms with Gasteiger partial charge in [-0.25, -0.2) is 9.67 Å². The van der Waals surface area contributed by atoms with E-state index in [0.29, 0.717) is 22.0 Å². The summed E-state index contributed by atoms with van der Waals surface area (Å²) < 4.78 is 28.5. The van der Waals surface area contributed by atoms with Crippen molar-refractivity contribution in [2.45, 2.75) is 64.6 Å². The lowest BCUT2D eigenvalue weighted by molar-refractivity contribution is 0.0568. The Bertz CT molecular complexity index is 965. The second-order valence-electron chi connectivity index (χ2n) is 7.93. The van der Waals surface area contributed by atoms with Crippen molar-refractivity contribution in [3.63, 3.8) is 0 Å². The SMILES string of the molecule is CC(C)Cc1nc2cnc(-c3ccn(C(F)F)n3)cc2n1[C@H]1CCCC[C@@H]1O. The number of hydrogen-bond donors (Lipinski definition) is 1. The molecule has 0 spiro atoms. The Morgan fingerprint density at radius 1 is 1.21 bits per heavy atom. The monoisotopic (exact) mass is 389 g/mol. The molecule has 0 amide bonds. The second-order valence-corrected chi connectivity index (χ2v) is 7.93. The van der Waals surface area contributed by atoms with Crippen LogP contribution in [0.3, 0.4) is 0 Å². The van der Waals surface area contributed by atoms with Crippen LogP contribution >= 0.6 is 0 Å². The van der Waals surface area contributed by atoms with E-state index in [1.54, 1.807) is 6.20 Å². The van der Waals surface area contributed by atoms with Crippen LogP contribution in [0.1, 0.15) is 57.9 Å². The summed E-state index contributed by atoms with van der Waals surface area (Å²) in [5.74, 6) is 1.36. The predicted octanol–water partition coefficient (Wildman–Crippen LogP) is 4.36. The summed E-state index contributed by atoms with van der Waals surface area (Å²) in [7, 11) is 0. The van der Waals surface area contributed by atoms with Crippen LogP contribution in [0.4, 0.5) is 8.78 Å². The Morgan fingerprint density at radius 2 is 2.00 bits per heavy atom. The number of aliphatic hydroxyl groups is 1. The molecule has 8 heteroatoms. The maximum Gasteiger partial charge on any atom is 0.333 e. The number of aromatic nitrogens is 5. The fraction of sp³-hybridized carbons (Fsp3) is 0.550. The van der Waals surface area contributed by atoms with Crippen LogP contribution in [0.5, 0.6) is 0 Å². The van der Waals surface area contributed by atoms with Gasteiger partial charge in [0.2, 0.25) is 0 Å². The molecular formula is C20H25F2N5O. The molecule has 0 radical (unpaired) electrons. The zero-order chi connectivity index (χ0) is 19.8. The number of fused-ring (bicyclic) bond motifs is 1. The van der Waals surface area contributed by atoms with Crippen LogP contribution in [-0.4, -0.2) is 35.5 Å². The first kappa shape index (κ1) is 19.0. The van der Waals surface area contributed by atoms with Crippen molar-refractivity contribution in [2.24, 2.45) is 5.92 Å². The molecule has 0 unspecified atom stereocenters. The Kier molecular flexibility index (Phi) is 5.14. The van der Waals surface area contributed by atoms with E-state index in [4.69, 9.17) is 4.98 Å². The molecule has 150 valence electrons. The van der Waals surface area contributed by atoms with E-state index in [2.05, 4.69) is 28.5 Å². The highest BCUT2D eigenvalue weighted by atomic mass is 19.3. The highest BCUT2D eigenvalue weighted by Crippen LogP contribution is 2.34. The van der Waals surface area contributed by atoms with Crippen molar-refractivity contribution in [1.29, 1.82) is 0 Å². The highest BCUT2D eigenvalue weighted by molar-refractivity contribution is 5.79. The molecule has 4 rings (SSSR count). The van der Waals surface area contributed by atoms with Gasteiger partial charge < -0.3 is 9.67 Å². The van der Waals surface area contributed by atoms with Crippen LogP contribution in [0.25, 0.3) is 22.4 Å². The molecule has 1 N–H and O–H groups in total. The average Bonchev–Trinajstić information content (AvgIpc) is 3.26. The van der Waals surface area contributed by atoms with Crippen molar-refractivity contribution >= 4 is 11.0 Å². The molecule has 0 aliphatic heterocycles. The van der Waals surface area contributed by atoms with Gasteiger partial charge >= 0.3 is 6.55 Å². The lowest BCUT2D eigenvalue weighted by atomic mass is 9.92. The van der Waals surface area contributed by atoms with Crippen LogP contribution in [0.15, 0.2) is 24.5 Å². The van der Waals surface area contributed by atoms with Gasteiger partial charge in [0.05, 0.1) is 29.6 Å². The fourth-order valence-electron chi connectivity index (χ4n) is 4.04. The van der Waals surface area contributed by atoms with E-state index in [1.807, 2.05) is 6.07 Å². The van der Waals surface area contributed by atoms with E-state index in [-0.39, 0.29) is 6.04 Å². The standard InChI is InChI=1S/C20H25F2N5O/c1-12(2)9-19-24-15-11-23-14(13-7-8-26(25-13)20(21)22)10-17(15)27(19)16-5-3-4-6-18(16)28/h7-8,10-12,16,18,20,28H,3-6,9H2,1-2H3/t16-,18-/m0/s1. The van der Waals surface area contributed by atoms with Crippen LogP contribution in [0, 0.1) is 5.92 Å². The number of nitrogens with zero attached hydrogens (tertiary/aromatic N) is 5. The third-order valence-electron chi connectivity index (χ3n) is 5.34. The van der Waals surface area contributed by atoms with Gasteiger partial charge in [0.15, 0.2) is 0 Å². The minimum Gasteiger partial charge on any atom is -0.391 e. The zero-order valence-electron chi connectivity index (χ0n) is 16.1. The minimum atomic E-state index is -2.68. The number of halogens is 2. The molecular weight excluding hydrogens is 364 g/mol. The number of alkyl halides is 2. The van der Waals surface area contributed by atoms with Crippen molar-refractivity contribution in [3.05, 3.63) is 30.4 Å². The summed E-state index contributed by atoms with van der Waals surface area (Å²) in [5, 5.41) is 14.6. The first-order valence-corrected chi connectivity index (χ1v) is 9.82. The first-order valence-electron chi connectivity index (χ1n) is 9.82. The summed E-state index contributed by atoms with van der Waals surface area (Å²) in [6.45, 7) is 1.60. The van der Waals surface area contributed by atoms with Crippen molar-refractivity contribution in [2.75, 3.05) is 0 Å². The average molecular weight is 389 g/mol.